The molecule has 0 bridgehead atoms. The van der Waals surface area contributed by atoms with Crippen LogP contribution >= 0.6 is 15.9 Å². The molecule has 0 spiro atoms. The Labute approximate surface area is 121 Å². The molecule has 0 fully saturated rings. The second-order valence-corrected chi connectivity index (χ2v) is 5.22. The van der Waals surface area contributed by atoms with Crippen LogP contribution in [0.5, 0.6) is 0 Å². The highest BCUT2D eigenvalue weighted by atomic mass is 79.9. The van der Waals surface area contributed by atoms with Gasteiger partial charge in [0.05, 0.1) is 15.5 Å². The molecular formula is C12H11BrFN5O. The van der Waals surface area contributed by atoms with Crippen molar-refractivity contribution < 1.29 is 8.91 Å². The zero-order chi connectivity index (χ0) is 14.3. The molecule has 0 radical (unpaired) electrons. The summed E-state index contributed by atoms with van der Waals surface area (Å²) in [5, 5.41) is 3.72. The second kappa shape index (κ2) is 4.86. The number of halogens is 2. The van der Waals surface area contributed by atoms with Crippen LogP contribution in [-0.2, 0) is 13.0 Å². The lowest BCUT2D eigenvalue weighted by Gasteiger charge is -2.04. The lowest BCUT2D eigenvalue weighted by molar-refractivity contribution is 0.369. The first-order valence-corrected chi connectivity index (χ1v) is 6.74. The van der Waals surface area contributed by atoms with Gasteiger partial charge in [0, 0.05) is 19.0 Å². The van der Waals surface area contributed by atoms with E-state index in [2.05, 4.69) is 31.1 Å². The summed E-state index contributed by atoms with van der Waals surface area (Å²) >= 11 is 3.13. The van der Waals surface area contributed by atoms with Gasteiger partial charge in [0.15, 0.2) is 5.82 Å². The Morgan fingerprint density at radius 3 is 2.90 bits per heavy atom. The van der Waals surface area contributed by atoms with E-state index in [-0.39, 0.29) is 5.82 Å². The van der Waals surface area contributed by atoms with Crippen molar-refractivity contribution in [2.24, 2.45) is 0 Å². The van der Waals surface area contributed by atoms with Gasteiger partial charge in [0.1, 0.15) is 5.82 Å². The number of rotatable bonds is 3. The largest absolute Gasteiger partial charge is 0.369 e. The summed E-state index contributed by atoms with van der Waals surface area (Å²) in [6.45, 7) is 2.24. The Kier molecular flexibility index (Phi) is 3.17. The normalized spacial score (nSPS) is 11.3. The van der Waals surface area contributed by atoms with E-state index in [0.29, 0.717) is 46.1 Å². The summed E-state index contributed by atoms with van der Waals surface area (Å²) in [7, 11) is 0. The average Bonchev–Trinajstić information content (AvgIpc) is 2.92. The van der Waals surface area contributed by atoms with E-state index >= 15 is 0 Å². The molecule has 2 N–H and O–H groups in total. The summed E-state index contributed by atoms with van der Waals surface area (Å²) in [5.74, 6) is 1.07. The van der Waals surface area contributed by atoms with Crippen LogP contribution in [0, 0.1) is 12.7 Å². The quantitative estimate of drug-likeness (QED) is 0.792. The van der Waals surface area contributed by atoms with Gasteiger partial charge in [0.2, 0.25) is 11.8 Å². The van der Waals surface area contributed by atoms with Gasteiger partial charge >= 0.3 is 0 Å². The molecule has 0 amide bonds. The molecule has 8 heteroatoms. The number of nitrogen functional groups attached to an aromatic ring is 1. The molecule has 0 aliphatic heterocycles. The van der Waals surface area contributed by atoms with Gasteiger partial charge in [-0.15, -0.1) is 0 Å². The zero-order valence-electron chi connectivity index (χ0n) is 10.6. The molecule has 0 atom stereocenters. The number of fused-ring (bicyclic) bond motifs is 1. The SMILES string of the molecule is Cc1noc(CCn2c(N)nc3cc(Br)c(F)cc32)n1. The van der Waals surface area contributed by atoms with Crippen molar-refractivity contribution in [1.82, 2.24) is 19.7 Å². The van der Waals surface area contributed by atoms with Crippen LogP contribution in [0.4, 0.5) is 10.3 Å². The fourth-order valence-electron chi connectivity index (χ4n) is 2.02. The van der Waals surface area contributed by atoms with E-state index in [0.717, 1.165) is 0 Å². The maximum atomic E-state index is 13.6. The Bertz CT molecular complexity index is 782. The maximum Gasteiger partial charge on any atom is 0.228 e. The molecule has 0 aliphatic rings. The third kappa shape index (κ3) is 2.26. The molecule has 0 unspecified atom stereocenters. The fraction of sp³-hybridized carbons (Fsp3) is 0.250. The zero-order valence-corrected chi connectivity index (χ0v) is 12.2. The number of anilines is 1. The Morgan fingerprint density at radius 2 is 2.20 bits per heavy atom. The molecule has 2 aromatic heterocycles. The molecule has 20 heavy (non-hydrogen) atoms. The monoisotopic (exact) mass is 339 g/mol. The van der Waals surface area contributed by atoms with E-state index in [1.54, 1.807) is 17.6 Å². The topological polar surface area (TPSA) is 82.8 Å². The Morgan fingerprint density at radius 1 is 1.40 bits per heavy atom. The molecule has 3 aromatic rings. The summed E-state index contributed by atoms with van der Waals surface area (Å²) in [6.07, 6.45) is 0.508. The number of hydrogen-bond acceptors (Lipinski definition) is 5. The van der Waals surface area contributed by atoms with Gasteiger partial charge in [-0.2, -0.15) is 4.98 Å². The van der Waals surface area contributed by atoms with Crippen molar-refractivity contribution in [3.8, 4) is 0 Å². The lowest BCUT2D eigenvalue weighted by atomic mass is 10.3. The highest BCUT2D eigenvalue weighted by Gasteiger charge is 2.12. The Balaban J connectivity index is 1.94. The number of imidazole rings is 1. The summed E-state index contributed by atoms with van der Waals surface area (Å²) in [6, 6.07) is 3.01. The van der Waals surface area contributed by atoms with Crippen molar-refractivity contribution in [1.29, 1.82) is 0 Å². The maximum absolute atomic E-state index is 13.6. The van der Waals surface area contributed by atoms with Crippen LogP contribution in [0.3, 0.4) is 0 Å². The van der Waals surface area contributed by atoms with E-state index < -0.39 is 0 Å². The minimum atomic E-state index is -0.354. The van der Waals surface area contributed by atoms with E-state index in [1.807, 2.05) is 0 Å². The minimum absolute atomic E-state index is 0.328. The first kappa shape index (κ1) is 13.0. The molecule has 0 saturated heterocycles. The van der Waals surface area contributed by atoms with Gasteiger partial charge in [-0.1, -0.05) is 5.16 Å². The summed E-state index contributed by atoms with van der Waals surface area (Å²) < 4.78 is 20.8. The van der Waals surface area contributed by atoms with Crippen molar-refractivity contribution >= 4 is 32.9 Å². The van der Waals surface area contributed by atoms with Crippen LogP contribution in [0.2, 0.25) is 0 Å². The molecular weight excluding hydrogens is 329 g/mol. The molecule has 1 aromatic carbocycles. The van der Waals surface area contributed by atoms with Crippen molar-refractivity contribution in [3.05, 3.63) is 34.1 Å². The third-order valence-corrected chi connectivity index (χ3v) is 3.55. The van der Waals surface area contributed by atoms with E-state index in [4.69, 9.17) is 10.3 Å². The van der Waals surface area contributed by atoms with Crippen molar-refractivity contribution in [3.63, 3.8) is 0 Å². The average molecular weight is 340 g/mol. The molecule has 0 saturated carbocycles. The number of nitrogens with zero attached hydrogens (tertiary/aromatic N) is 4. The van der Waals surface area contributed by atoms with Gasteiger partial charge in [-0.3, -0.25) is 0 Å². The number of aryl methyl sites for hydroxylation is 3. The smallest absolute Gasteiger partial charge is 0.228 e. The molecule has 0 aliphatic carbocycles. The van der Waals surface area contributed by atoms with Crippen molar-refractivity contribution in [2.75, 3.05) is 5.73 Å². The first-order chi connectivity index (χ1) is 9.54. The van der Waals surface area contributed by atoms with Gasteiger partial charge in [0.25, 0.3) is 0 Å². The van der Waals surface area contributed by atoms with Gasteiger partial charge < -0.3 is 14.8 Å². The van der Waals surface area contributed by atoms with Crippen LogP contribution in [0.25, 0.3) is 11.0 Å². The van der Waals surface area contributed by atoms with E-state index in [1.165, 1.54) is 6.07 Å². The van der Waals surface area contributed by atoms with Crippen molar-refractivity contribution in [2.45, 2.75) is 19.9 Å². The highest BCUT2D eigenvalue weighted by Crippen LogP contribution is 2.25. The number of aromatic nitrogens is 4. The first-order valence-electron chi connectivity index (χ1n) is 5.94. The third-order valence-electron chi connectivity index (χ3n) is 2.94. The standard InChI is InChI=1S/C12H11BrFN5O/c1-6-16-11(20-18-6)2-3-19-10-5-8(14)7(13)4-9(10)17-12(19)15/h4-5H,2-3H2,1H3,(H2,15,17). The van der Waals surface area contributed by atoms with Gasteiger partial charge in [-0.25, -0.2) is 9.37 Å². The predicted molar refractivity (Wildman–Crippen MR) is 74.5 cm³/mol. The fourth-order valence-corrected chi connectivity index (χ4v) is 2.35. The van der Waals surface area contributed by atoms with Crippen LogP contribution < -0.4 is 5.73 Å². The summed E-state index contributed by atoms with van der Waals surface area (Å²) in [4.78, 5) is 8.33. The number of benzene rings is 1. The second-order valence-electron chi connectivity index (χ2n) is 4.36. The predicted octanol–water partition coefficient (Wildman–Crippen LogP) is 2.45. The molecule has 3 rings (SSSR count). The molecule has 104 valence electrons. The van der Waals surface area contributed by atoms with E-state index in [9.17, 15) is 4.39 Å². The molecule has 6 nitrogen and oxygen atoms in total. The van der Waals surface area contributed by atoms with Crippen LogP contribution in [0.15, 0.2) is 21.1 Å². The Hall–Kier alpha value is -1.96. The highest BCUT2D eigenvalue weighted by molar-refractivity contribution is 9.10. The number of nitrogens with two attached hydrogens (primary N) is 1. The van der Waals surface area contributed by atoms with Crippen LogP contribution in [0.1, 0.15) is 11.7 Å². The van der Waals surface area contributed by atoms with Gasteiger partial charge in [-0.05, 0) is 28.9 Å². The molecule has 2 heterocycles. The summed E-state index contributed by atoms with van der Waals surface area (Å²) in [5.41, 5.74) is 7.15. The number of hydrogen-bond donors (Lipinski definition) is 1. The lowest BCUT2D eigenvalue weighted by Crippen LogP contribution is -2.06. The minimum Gasteiger partial charge on any atom is -0.369 e. The van der Waals surface area contributed by atoms with Crippen LogP contribution in [-0.4, -0.2) is 19.7 Å².